The smallest absolute Gasteiger partial charge is 0.166 e. The van der Waals surface area contributed by atoms with Crippen molar-refractivity contribution in [2.24, 2.45) is 5.41 Å². The van der Waals surface area contributed by atoms with E-state index in [1.54, 1.807) is 12.1 Å². The van der Waals surface area contributed by atoms with Crippen LogP contribution >= 0.6 is 12.2 Å². The second-order valence-electron chi connectivity index (χ2n) is 5.54. The van der Waals surface area contributed by atoms with Crippen LogP contribution in [0, 0.1) is 11.2 Å². The second-order valence-corrected chi connectivity index (χ2v) is 5.95. The lowest BCUT2D eigenvalue weighted by molar-refractivity contribution is 0.315. The van der Waals surface area contributed by atoms with Crippen LogP contribution in [-0.2, 0) is 6.54 Å². The molecule has 100 valence electrons. The highest BCUT2D eigenvalue weighted by atomic mass is 32.1. The largest absolute Gasteiger partial charge is 0.360 e. The van der Waals surface area contributed by atoms with E-state index in [1.165, 1.54) is 12.1 Å². The molecule has 2 N–H and O–H groups in total. The van der Waals surface area contributed by atoms with E-state index < -0.39 is 0 Å². The summed E-state index contributed by atoms with van der Waals surface area (Å²) in [5.74, 6) is -0.221. The fraction of sp³-hybridized carbons (Fsp3) is 0.500. The molecule has 0 aliphatic rings. The van der Waals surface area contributed by atoms with Gasteiger partial charge in [-0.2, -0.15) is 0 Å². The summed E-state index contributed by atoms with van der Waals surface area (Å²) in [5, 5.41) is 6.99. The molecular weight excluding hydrogens is 247 g/mol. The van der Waals surface area contributed by atoms with Gasteiger partial charge in [-0.05, 0) is 42.3 Å². The van der Waals surface area contributed by atoms with Crippen LogP contribution in [0.25, 0.3) is 0 Å². The van der Waals surface area contributed by atoms with Crippen LogP contribution in [0.4, 0.5) is 4.39 Å². The van der Waals surface area contributed by atoms with E-state index in [-0.39, 0.29) is 17.3 Å². The second kappa shape index (κ2) is 6.14. The quantitative estimate of drug-likeness (QED) is 0.823. The van der Waals surface area contributed by atoms with Gasteiger partial charge in [-0.15, -0.1) is 0 Å². The Morgan fingerprint density at radius 1 is 1.28 bits per heavy atom. The summed E-state index contributed by atoms with van der Waals surface area (Å²) in [7, 11) is 0. The Bertz CT molecular complexity index is 395. The molecule has 1 atom stereocenters. The predicted molar refractivity (Wildman–Crippen MR) is 77.9 cm³/mol. The molecule has 0 saturated heterocycles. The normalized spacial score (nSPS) is 12.9. The predicted octanol–water partition coefficient (Wildman–Crippen LogP) is 3.22. The highest BCUT2D eigenvalue weighted by molar-refractivity contribution is 7.80. The summed E-state index contributed by atoms with van der Waals surface area (Å²) in [4.78, 5) is 0. The molecule has 4 heteroatoms. The minimum absolute atomic E-state index is 0.154. The van der Waals surface area contributed by atoms with E-state index in [0.29, 0.717) is 11.7 Å². The van der Waals surface area contributed by atoms with Crippen LogP contribution in [0.1, 0.15) is 33.3 Å². The molecule has 1 unspecified atom stereocenters. The Hall–Kier alpha value is -1.16. The number of benzene rings is 1. The third-order valence-corrected chi connectivity index (χ3v) is 3.28. The van der Waals surface area contributed by atoms with Crippen LogP contribution in [0.5, 0.6) is 0 Å². The first-order valence-corrected chi connectivity index (χ1v) is 6.48. The molecule has 0 spiro atoms. The first kappa shape index (κ1) is 14.9. The SMILES string of the molecule is CC(NC(=S)NCc1ccc(F)cc1)C(C)(C)C. The molecule has 0 fully saturated rings. The van der Waals surface area contributed by atoms with Gasteiger partial charge in [0.15, 0.2) is 5.11 Å². The molecule has 0 aliphatic carbocycles. The summed E-state index contributed by atoms with van der Waals surface area (Å²) in [6.45, 7) is 9.18. The molecule has 1 aromatic carbocycles. The number of hydrogen-bond donors (Lipinski definition) is 2. The van der Waals surface area contributed by atoms with Crippen LogP contribution < -0.4 is 10.6 Å². The first-order chi connectivity index (χ1) is 8.29. The third kappa shape index (κ3) is 5.00. The molecule has 0 saturated carbocycles. The van der Waals surface area contributed by atoms with E-state index in [1.807, 2.05) is 0 Å². The summed E-state index contributed by atoms with van der Waals surface area (Å²) in [5.41, 5.74) is 1.16. The molecule has 0 radical (unpaired) electrons. The van der Waals surface area contributed by atoms with Gasteiger partial charge in [0.2, 0.25) is 0 Å². The summed E-state index contributed by atoms with van der Waals surface area (Å²) < 4.78 is 12.7. The molecule has 0 aromatic heterocycles. The van der Waals surface area contributed by atoms with Crippen molar-refractivity contribution in [2.75, 3.05) is 0 Å². The molecule has 0 aliphatic heterocycles. The zero-order valence-corrected chi connectivity index (χ0v) is 12.2. The van der Waals surface area contributed by atoms with Crippen LogP contribution in [-0.4, -0.2) is 11.2 Å². The highest BCUT2D eigenvalue weighted by Gasteiger charge is 2.20. The van der Waals surface area contributed by atoms with Gasteiger partial charge in [-0.3, -0.25) is 0 Å². The molecule has 0 amide bonds. The zero-order chi connectivity index (χ0) is 13.8. The zero-order valence-electron chi connectivity index (χ0n) is 11.4. The lowest BCUT2D eigenvalue weighted by atomic mass is 9.88. The van der Waals surface area contributed by atoms with Crippen molar-refractivity contribution in [1.29, 1.82) is 0 Å². The standard InChI is InChI=1S/C14H21FN2S/c1-10(14(2,3)4)17-13(18)16-9-11-5-7-12(15)8-6-11/h5-8,10H,9H2,1-4H3,(H2,16,17,18). The van der Waals surface area contributed by atoms with Crippen molar-refractivity contribution in [3.05, 3.63) is 35.6 Å². The number of nitrogens with one attached hydrogen (secondary N) is 2. The Labute approximate surface area is 114 Å². The van der Waals surface area contributed by atoms with Crippen molar-refractivity contribution in [3.63, 3.8) is 0 Å². The van der Waals surface area contributed by atoms with Crippen molar-refractivity contribution in [3.8, 4) is 0 Å². The van der Waals surface area contributed by atoms with Gasteiger partial charge in [-0.1, -0.05) is 32.9 Å². The Morgan fingerprint density at radius 2 is 1.83 bits per heavy atom. The molecule has 2 nitrogen and oxygen atoms in total. The molecular formula is C14H21FN2S. The van der Waals surface area contributed by atoms with Crippen molar-refractivity contribution >= 4 is 17.3 Å². The third-order valence-electron chi connectivity index (χ3n) is 3.01. The summed E-state index contributed by atoms with van der Waals surface area (Å²) in [6.07, 6.45) is 0. The fourth-order valence-corrected chi connectivity index (χ4v) is 1.50. The average molecular weight is 268 g/mol. The van der Waals surface area contributed by atoms with Crippen LogP contribution in [0.2, 0.25) is 0 Å². The number of halogens is 1. The van der Waals surface area contributed by atoms with Gasteiger partial charge in [-0.25, -0.2) is 4.39 Å². The van der Waals surface area contributed by atoms with Crippen molar-refractivity contribution in [2.45, 2.75) is 40.3 Å². The van der Waals surface area contributed by atoms with E-state index >= 15 is 0 Å². The maximum absolute atomic E-state index is 12.7. The minimum Gasteiger partial charge on any atom is -0.360 e. The highest BCUT2D eigenvalue weighted by Crippen LogP contribution is 2.18. The lowest BCUT2D eigenvalue weighted by Gasteiger charge is -2.29. The fourth-order valence-electron chi connectivity index (χ4n) is 1.25. The van der Waals surface area contributed by atoms with E-state index in [9.17, 15) is 4.39 Å². The van der Waals surface area contributed by atoms with Gasteiger partial charge < -0.3 is 10.6 Å². The van der Waals surface area contributed by atoms with Gasteiger partial charge in [0, 0.05) is 12.6 Å². The Balaban J connectivity index is 2.40. The summed E-state index contributed by atoms with van der Waals surface area (Å²) in [6, 6.07) is 6.68. The van der Waals surface area contributed by atoms with Crippen LogP contribution in [0.15, 0.2) is 24.3 Å². The van der Waals surface area contributed by atoms with Gasteiger partial charge >= 0.3 is 0 Å². The number of rotatable bonds is 3. The molecule has 0 bridgehead atoms. The van der Waals surface area contributed by atoms with Gasteiger partial charge in [0.1, 0.15) is 5.82 Å². The monoisotopic (exact) mass is 268 g/mol. The maximum Gasteiger partial charge on any atom is 0.166 e. The van der Waals surface area contributed by atoms with E-state index in [2.05, 4.69) is 38.3 Å². The Kier molecular flexibility index (Phi) is 5.08. The maximum atomic E-state index is 12.7. The lowest BCUT2D eigenvalue weighted by Crippen LogP contribution is -2.45. The van der Waals surface area contributed by atoms with E-state index in [0.717, 1.165) is 5.56 Å². The topological polar surface area (TPSA) is 24.1 Å². The van der Waals surface area contributed by atoms with Crippen molar-refractivity contribution < 1.29 is 4.39 Å². The molecule has 18 heavy (non-hydrogen) atoms. The molecule has 1 rings (SSSR count). The summed E-state index contributed by atoms with van der Waals surface area (Å²) >= 11 is 5.23. The molecule has 1 aromatic rings. The number of hydrogen-bond acceptors (Lipinski definition) is 1. The van der Waals surface area contributed by atoms with Gasteiger partial charge in [0.25, 0.3) is 0 Å². The first-order valence-electron chi connectivity index (χ1n) is 6.08. The van der Waals surface area contributed by atoms with E-state index in [4.69, 9.17) is 12.2 Å². The Morgan fingerprint density at radius 3 is 2.33 bits per heavy atom. The molecule has 0 heterocycles. The van der Waals surface area contributed by atoms with Crippen molar-refractivity contribution in [1.82, 2.24) is 10.6 Å². The average Bonchev–Trinajstić information content (AvgIpc) is 2.27. The van der Waals surface area contributed by atoms with Gasteiger partial charge in [0.05, 0.1) is 0 Å². The van der Waals surface area contributed by atoms with Crippen LogP contribution in [0.3, 0.4) is 0 Å². The number of thiocarbonyl (C=S) groups is 1. The minimum atomic E-state index is -0.221.